The number of carbonyl (C=O) groups is 1. The number of likely N-dealkylation sites (N-methyl/N-ethyl adjacent to an activating group) is 2. The molecule has 0 bridgehead atoms. The zero-order chi connectivity index (χ0) is 30.3. The molecule has 0 saturated heterocycles. The van der Waals surface area contributed by atoms with Crippen LogP contribution in [0.3, 0.4) is 0 Å². The molecule has 0 aliphatic carbocycles. The molecule has 1 N–H and O–H groups in total. The third-order valence-electron chi connectivity index (χ3n) is 5.73. The first kappa shape index (κ1) is 35.4. The Morgan fingerprint density at radius 2 is 1.86 bits per heavy atom. The van der Waals surface area contributed by atoms with Crippen molar-refractivity contribution in [2.45, 2.75) is 20.0 Å². The number of carbonyl (C=O) groups excluding carboxylic acids is 1. The molecule has 0 aliphatic rings. The number of amides is 1. The number of fused-ring (bicyclic) bond motifs is 1. The van der Waals surface area contributed by atoms with Crippen LogP contribution in [0, 0.1) is 29.8 Å². The van der Waals surface area contributed by atoms with Crippen LogP contribution < -0.4 is 66.3 Å². The van der Waals surface area contributed by atoms with Crippen LogP contribution >= 0.6 is 0 Å². The normalized spacial score (nSPS) is 10.6. The Balaban J connectivity index is 0.000000289. The summed E-state index contributed by atoms with van der Waals surface area (Å²) in [5.41, 5.74) is 1.41. The van der Waals surface area contributed by atoms with E-state index in [4.69, 9.17) is 4.74 Å². The molecular formula is C29H32F3KN7O2-. The largest absolute Gasteiger partial charge is 1.00 e. The number of aryl methyl sites for hydroxylation is 1. The van der Waals surface area contributed by atoms with Crippen molar-refractivity contribution < 1.29 is 74.1 Å². The van der Waals surface area contributed by atoms with Crippen molar-refractivity contribution in [3.63, 3.8) is 0 Å². The Bertz CT molecular complexity index is 1530. The number of benzene rings is 1. The molecule has 0 spiro atoms. The standard InChI is InChI=1S/C16H25N4O2.C13H7F3N3.K/c1-7-14(21)17-13-8-9-15(22-12(2)3)18-16(13)20(6)11-10-19(4)5;1-19-5-8(13-11(16)4-17-6-18-13)7-2-9(14)10(15)3-12(7)19;/h7-8,12H,1,10-11H2,2-6H3,(H,17,21);2-5H,1H3;/q2*-1;+1. The van der Waals surface area contributed by atoms with Gasteiger partial charge in [0.15, 0.2) is 11.6 Å². The van der Waals surface area contributed by atoms with Gasteiger partial charge >= 0.3 is 51.4 Å². The van der Waals surface area contributed by atoms with Crippen LogP contribution in [0.1, 0.15) is 13.8 Å². The maximum Gasteiger partial charge on any atom is 1.00 e. The number of nitrogens with one attached hydrogen (secondary N) is 1. The summed E-state index contributed by atoms with van der Waals surface area (Å²) in [5, 5.41) is 3.13. The number of rotatable bonds is 9. The van der Waals surface area contributed by atoms with Crippen LogP contribution in [0.4, 0.5) is 24.7 Å². The predicted molar refractivity (Wildman–Crippen MR) is 152 cm³/mol. The smallest absolute Gasteiger partial charge is 0.492 e. The van der Waals surface area contributed by atoms with Crippen LogP contribution in [-0.4, -0.2) is 70.7 Å². The maximum atomic E-state index is 13.7. The second-order valence-electron chi connectivity index (χ2n) is 9.63. The first-order valence-electron chi connectivity index (χ1n) is 12.6. The Morgan fingerprint density at radius 1 is 1.17 bits per heavy atom. The molecule has 9 nitrogen and oxygen atoms in total. The molecule has 1 amide bonds. The van der Waals surface area contributed by atoms with E-state index in [1.807, 2.05) is 39.9 Å². The molecule has 0 fully saturated rings. The minimum atomic E-state index is -0.988. The minimum absolute atomic E-state index is 0. The second kappa shape index (κ2) is 16.1. The number of ether oxygens (including phenoxy) is 1. The van der Waals surface area contributed by atoms with Crippen LogP contribution in [0.5, 0.6) is 5.88 Å². The summed E-state index contributed by atoms with van der Waals surface area (Å²) in [6, 6.07) is 6.71. The fourth-order valence-corrected chi connectivity index (χ4v) is 3.73. The molecular weight excluding hydrogens is 574 g/mol. The zero-order valence-corrected chi connectivity index (χ0v) is 27.9. The van der Waals surface area contributed by atoms with E-state index in [1.165, 1.54) is 6.08 Å². The first-order chi connectivity index (χ1) is 19.4. The average Bonchev–Trinajstić information content (AvgIpc) is 3.23. The van der Waals surface area contributed by atoms with E-state index in [9.17, 15) is 18.0 Å². The maximum absolute atomic E-state index is 13.7. The molecule has 0 saturated carbocycles. The quantitative estimate of drug-likeness (QED) is 0.176. The first-order valence-corrected chi connectivity index (χ1v) is 12.6. The van der Waals surface area contributed by atoms with Gasteiger partial charge in [0.05, 0.1) is 23.3 Å². The Labute approximate surface area is 286 Å². The van der Waals surface area contributed by atoms with Crippen molar-refractivity contribution >= 4 is 28.3 Å². The Hall–Kier alpha value is -2.81. The molecule has 3 heterocycles. The zero-order valence-electron chi connectivity index (χ0n) is 24.8. The molecule has 0 radical (unpaired) electrons. The molecule has 4 aromatic rings. The van der Waals surface area contributed by atoms with Gasteiger partial charge < -0.3 is 34.4 Å². The van der Waals surface area contributed by atoms with Gasteiger partial charge in [-0.2, -0.15) is 6.07 Å². The monoisotopic (exact) mass is 606 g/mol. The van der Waals surface area contributed by atoms with E-state index >= 15 is 0 Å². The summed E-state index contributed by atoms with van der Waals surface area (Å²) in [6.07, 6.45) is 6.05. The molecule has 0 atom stereocenters. The van der Waals surface area contributed by atoms with Crippen LogP contribution in [-0.2, 0) is 11.8 Å². The van der Waals surface area contributed by atoms with Gasteiger partial charge in [-0.15, -0.1) is 0 Å². The summed E-state index contributed by atoms with van der Waals surface area (Å²) in [4.78, 5) is 27.2. The fraction of sp³-hybridized carbons (Fsp3) is 0.310. The van der Waals surface area contributed by atoms with Crippen LogP contribution in [0.25, 0.3) is 22.2 Å². The molecule has 4 rings (SSSR count). The van der Waals surface area contributed by atoms with Gasteiger partial charge in [-0.1, -0.05) is 12.3 Å². The van der Waals surface area contributed by atoms with Crippen molar-refractivity contribution in [1.82, 2.24) is 24.4 Å². The van der Waals surface area contributed by atoms with E-state index in [0.717, 1.165) is 31.4 Å². The summed E-state index contributed by atoms with van der Waals surface area (Å²) in [6.45, 7) is 8.95. The van der Waals surface area contributed by atoms with Gasteiger partial charge in [0.2, 0.25) is 5.91 Å². The number of pyridine rings is 1. The fourth-order valence-electron chi connectivity index (χ4n) is 3.73. The Kier molecular flexibility index (Phi) is 13.6. The van der Waals surface area contributed by atoms with Gasteiger partial charge in [0.25, 0.3) is 0 Å². The van der Waals surface area contributed by atoms with Crippen LogP contribution in [0.2, 0.25) is 0 Å². The van der Waals surface area contributed by atoms with E-state index in [2.05, 4.69) is 44.1 Å². The van der Waals surface area contributed by atoms with Gasteiger partial charge in [-0.3, -0.25) is 4.79 Å². The molecule has 42 heavy (non-hydrogen) atoms. The van der Waals surface area contributed by atoms with Gasteiger partial charge in [-0.25, -0.2) is 24.2 Å². The topological polar surface area (TPSA) is 88.4 Å². The third-order valence-corrected chi connectivity index (χ3v) is 5.73. The number of nitrogens with zero attached hydrogens (tertiary/aromatic N) is 6. The van der Waals surface area contributed by atoms with E-state index in [0.29, 0.717) is 33.9 Å². The van der Waals surface area contributed by atoms with Gasteiger partial charge in [0.1, 0.15) is 5.88 Å². The summed E-state index contributed by atoms with van der Waals surface area (Å²) in [7, 11) is 7.60. The summed E-state index contributed by atoms with van der Waals surface area (Å²) < 4.78 is 47.4. The SMILES string of the molecule is C=CC(=O)Nc1c[c-]c(OC(C)C)nc1N(C)CCN(C)C.Cn1cc(-c2n[c-]ncc2F)c2cc(F)c(F)cc21.[K+]. The number of hydrogen-bond acceptors (Lipinski definition) is 7. The Morgan fingerprint density at radius 3 is 2.48 bits per heavy atom. The van der Waals surface area contributed by atoms with Crippen molar-refractivity contribution in [3.05, 3.63) is 73.1 Å². The average molecular weight is 607 g/mol. The van der Waals surface area contributed by atoms with Crippen molar-refractivity contribution in [2.75, 3.05) is 44.4 Å². The van der Waals surface area contributed by atoms with Crippen LogP contribution in [0.15, 0.2) is 43.2 Å². The van der Waals surface area contributed by atoms with Crippen molar-refractivity contribution in [2.24, 2.45) is 7.05 Å². The minimum Gasteiger partial charge on any atom is -0.492 e. The molecule has 1 aromatic carbocycles. The number of hydrogen-bond donors (Lipinski definition) is 1. The predicted octanol–water partition coefficient (Wildman–Crippen LogP) is 1.65. The number of halogens is 3. The summed E-state index contributed by atoms with van der Waals surface area (Å²) >= 11 is 0. The third kappa shape index (κ3) is 9.34. The van der Waals surface area contributed by atoms with Crippen molar-refractivity contribution in [1.29, 1.82) is 0 Å². The number of aromatic nitrogens is 4. The molecule has 218 valence electrons. The van der Waals surface area contributed by atoms with Gasteiger partial charge in [0, 0.05) is 45.8 Å². The molecule has 0 aliphatic heterocycles. The van der Waals surface area contributed by atoms with E-state index < -0.39 is 17.5 Å². The van der Waals surface area contributed by atoms with E-state index in [1.54, 1.807) is 23.9 Å². The van der Waals surface area contributed by atoms with Crippen molar-refractivity contribution in [3.8, 4) is 17.1 Å². The molecule has 13 heteroatoms. The second-order valence-corrected chi connectivity index (χ2v) is 9.63. The van der Waals surface area contributed by atoms with E-state index in [-0.39, 0.29) is 69.1 Å². The van der Waals surface area contributed by atoms with Gasteiger partial charge in [-0.05, 0) is 62.9 Å². The number of anilines is 2. The summed E-state index contributed by atoms with van der Waals surface area (Å²) in [5.74, 6) is -1.80. The molecule has 0 unspecified atom stereocenters. The molecule has 3 aromatic heterocycles.